The van der Waals surface area contributed by atoms with E-state index in [9.17, 15) is 0 Å². The summed E-state index contributed by atoms with van der Waals surface area (Å²) in [5, 5.41) is 16.7. The Balaban J connectivity index is 1.98. The van der Waals surface area contributed by atoms with Gasteiger partial charge in [-0.25, -0.2) is 0 Å². The highest BCUT2D eigenvalue weighted by Gasteiger charge is 2.44. The normalized spacial score (nSPS) is 16.4. The second-order valence-electron chi connectivity index (χ2n) is 4.79. The molecule has 2 heterocycles. The third kappa shape index (κ3) is 1.62. The van der Waals surface area contributed by atoms with E-state index in [1.807, 2.05) is 11.9 Å². The van der Waals surface area contributed by atoms with Crippen molar-refractivity contribution in [3.8, 4) is 6.07 Å². The summed E-state index contributed by atoms with van der Waals surface area (Å²) < 4.78 is 0. The lowest BCUT2D eigenvalue weighted by Gasteiger charge is -2.21. The minimum Gasteiger partial charge on any atom is -0.368 e. The molecule has 1 fully saturated rings. The number of aromatic nitrogens is 4. The molecule has 0 amide bonds. The van der Waals surface area contributed by atoms with Gasteiger partial charge in [-0.15, -0.1) is 0 Å². The average molecular weight is 243 g/mol. The number of nitrogens with zero attached hydrogens (tertiary/aromatic N) is 5. The first-order valence-electron chi connectivity index (χ1n) is 5.72. The molecular formula is C11H13N7. The van der Waals surface area contributed by atoms with E-state index in [4.69, 9.17) is 11.0 Å². The molecule has 3 N–H and O–H groups in total. The van der Waals surface area contributed by atoms with Crippen LogP contribution >= 0.6 is 0 Å². The molecular weight excluding hydrogens is 230 g/mol. The van der Waals surface area contributed by atoms with Crippen LogP contribution in [0.5, 0.6) is 0 Å². The number of hydrogen-bond donors (Lipinski definition) is 2. The van der Waals surface area contributed by atoms with Gasteiger partial charge in [-0.3, -0.25) is 5.10 Å². The van der Waals surface area contributed by atoms with Gasteiger partial charge in [0.05, 0.1) is 23.1 Å². The van der Waals surface area contributed by atoms with Gasteiger partial charge < -0.3 is 10.6 Å². The van der Waals surface area contributed by atoms with E-state index in [-0.39, 0.29) is 11.4 Å². The number of nitrogen functional groups attached to an aromatic ring is 1. The molecule has 1 aliphatic rings. The zero-order valence-corrected chi connectivity index (χ0v) is 10.0. The van der Waals surface area contributed by atoms with E-state index < -0.39 is 0 Å². The maximum absolute atomic E-state index is 9.13. The molecule has 0 atom stereocenters. The molecule has 0 radical (unpaired) electrons. The van der Waals surface area contributed by atoms with Crippen molar-refractivity contribution in [2.24, 2.45) is 5.41 Å². The highest BCUT2D eigenvalue weighted by molar-refractivity contribution is 5.87. The Bertz CT molecular complexity index is 634. The topological polar surface area (TPSA) is 108 Å². The van der Waals surface area contributed by atoms with Crippen molar-refractivity contribution in [3.05, 3.63) is 6.20 Å². The van der Waals surface area contributed by atoms with Crippen LogP contribution in [-0.2, 0) is 0 Å². The molecule has 0 bridgehead atoms. The van der Waals surface area contributed by atoms with Crippen LogP contribution in [0.1, 0.15) is 12.8 Å². The summed E-state index contributed by atoms with van der Waals surface area (Å²) in [6.07, 6.45) is 3.57. The summed E-state index contributed by atoms with van der Waals surface area (Å²) in [7, 11) is 1.91. The molecule has 7 nitrogen and oxygen atoms in total. The number of rotatable bonds is 3. The SMILES string of the molecule is CN(CC1(C#N)CC1)c1nc(N)nc2[nH]ncc12. The molecule has 2 aromatic heterocycles. The van der Waals surface area contributed by atoms with Gasteiger partial charge in [0.25, 0.3) is 0 Å². The highest BCUT2D eigenvalue weighted by Crippen LogP contribution is 2.46. The zero-order chi connectivity index (χ0) is 12.8. The largest absolute Gasteiger partial charge is 0.368 e. The first-order valence-corrected chi connectivity index (χ1v) is 5.72. The number of aromatic amines is 1. The van der Waals surface area contributed by atoms with Crippen molar-refractivity contribution in [1.82, 2.24) is 20.2 Å². The molecule has 0 spiro atoms. The van der Waals surface area contributed by atoms with Crippen LogP contribution in [0.25, 0.3) is 11.0 Å². The fraction of sp³-hybridized carbons (Fsp3) is 0.455. The lowest BCUT2D eigenvalue weighted by atomic mass is 10.1. The summed E-state index contributed by atoms with van der Waals surface area (Å²) in [6, 6.07) is 2.37. The van der Waals surface area contributed by atoms with Gasteiger partial charge in [0.2, 0.25) is 5.95 Å². The molecule has 92 valence electrons. The molecule has 1 aliphatic carbocycles. The molecule has 18 heavy (non-hydrogen) atoms. The lowest BCUT2D eigenvalue weighted by molar-refractivity contribution is 0.650. The number of fused-ring (bicyclic) bond motifs is 1. The molecule has 0 aromatic carbocycles. The van der Waals surface area contributed by atoms with Gasteiger partial charge in [-0.2, -0.15) is 20.3 Å². The molecule has 7 heteroatoms. The quantitative estimate of drug-likeness (QED) is 0.820. The summed E-state index contributed by atoms with van der Waals surface area (Å²) in [5.74, 6) is 0.920. The standard InChI is InChI=1S/C11H13N7/c1-18(6-11(5-12)2-3-11)9-7-4-14-17-8(7)15-10(13)16-9/h4H,2-3,6H2,1H3,(H3,13,14,15,16,17). The van der Waals surface area contributed by atoms with Crippen molar-refractivity contribution in [1.29, 1.82) is 5.26 Å². The Morgan fingerprint density at radius 3 is 3.00 bits per heavy atom. The van der Waals surface area contributed by atoms with Gasteiger partial charge in [0.1, 0.15) is 5.82 Å². The number of hydrogen-bond acceptors (Lipinski definition) is 6. The molecule has 0 aliphatic heterocycles. The number of anilines is 2. The van der Waals surface area contributed by atoms with Crippen LogP contribution in [0.3, 0.4) is 0 Å². The van der Waals surface area contributed by atoms with Gasteiger partial charge in [0, 0.05) is 13.6 Å². The van der Waals surface area contributed by atoms with Gasteiger partial charge in [-0.05, 0) is 12.8 Å². The van der Waals surface area contributed by atoms with E-state index in [2.05, 4.69) is 26.2 Å². The number of nitrogens with one attached hydrogen (secondary N) is 1. The molecule has 1 saturated carbocycles. The van der Waals surface area contributed by atoms with Crippen LogP contribution in [0.4, 0.5) is 11.8 Å². The van der Waals surface area contributed by atoms with Crippen molar-refractivity contribution < 1.29 is 0 Å². The lowest BCUT2D eigenvalue weighted by Crippen LogP contribution is -2.27. The number of nitrogens with two attached hydrogens (primary N) is 1. The predicted octanol–water partition coefficient (Wildman–Crippen LogP) is 0.675. The fourth-order valence-corrected chi connectivity index (χ4v) is 2.11. The van der Waals surface area contributed by atoms with Crippen molar-refractivity contribution in [3.63, 3.8) is 0 Å². The van der Waals surface area contributed by atoms with Gasteiger partial charge >= 0.3 is 0 Å². The molecule has 0 unspecified atom stereocenters. The highest BCUT2D eigenvalue weighted by atomic mass is 15.2. The van der Waals surface area contributed by atoms with E-state index in [0.717, 1.165) is 18.2 Å². The maximum Gasteiger partial charge on any atom is 0.224 e. The van der Waals surface area contributed by atoms with Gasteiger partial charge in [-0.1, -0.05) is 0 Å². The Hall–Kier alpha value is -2.36. The molecule has 0 saturated heterocycles. The number of nitriles is 1. The molecule has 3 rings (SSSR count). The van der Waals surface area contributed by atoms with E-state index in [1.165, 1.54) is 0 Å². The van der Waals surface area contributed by atoms with E-state index in [0.29, 0.717) is 18.0 Å². The minimum absolute atomic E-state index is 0.204. The Kier molecular flexibility index (Phi) is 2.13. The first-order chi connectivity index (χ1) is 8.63. The zero-order valence-electron chi connectivity index (χ0n) is 10.0. The molecule has 2 aromatic rings. The summed E-state index contributed by atoms with van der Waals surface area (Å²) in [5.41, 5.74) is 6.07. The van der Waals surface area contributed by atoms with Crippen LogP contribution in [-0.4, -0.2) is 33.8 Å². The first kappa shape index (κ1) is 10.8. The second kappa shape index (κ2) is 3.57. The number of H-pyrrole nitrogens is 1. The Morgan fingerprint density at radius 1 is 1.56 bits per heavy atom. The van der Waals surface area contributed by atoms with Crippen molar-refractivity contribution >= 4 is 22.8 Å². The fourth-order valence-electron chi connectivity index (χ4n) is 2.11. The van der Waals surface area contributed by atoms with Crippen LogP contribution in [0.15, 0.2) is 6.20 Å². The van der Waals surface area contributed by atoms with E-state index in [1.54, 1.807) is 6.20 Å². The maximum atomic E-state index is 9.13. The average Bonchev–Trinajstić information content (AvgIpc) is 2.96. The third-order valence-corrected chi connectivity index (χ3v) is 3.30. The van der Waals surface area contributed by atoms with Crippen molar-refractivity contribution in [2.45, 2.75) is 12.8 Å². The predicted molar refractivity (Wildman–Crippen MR) is 66.6 cm³/mol. The summed E-state index contributed by atoms with van der Waals surface area (Å²) in [6.45, 7) is 0.653. The summed E-state index contributed by atoms with van der Waals surface area (Å²) in [4.78, 5) is 10.3. The van der Waals surface area contributed by atoms with Crippen molar-refractivity contribution in [2.75, 3.05) is 24.2 Å². The van der Waals surface area contributed by atoms with E-state index >= 15 is 0 Å². The van der Waals surface area contributed by atoms with Crippen LogP contribution in [0.2, 0.25) is 0 Å². The smallest absolute Gasteiger partial charge is 0.224 e. The van der Waals surface area contributed by atoms with Crippen LogP contribution in [0, 0.1) is 16.7 Å². The monoisotopic (exact) mass is 243 g/mol. The minimum atomic E-state index is -0.218. The Morgan fingerprint density at radius 2 is 2.33 bits per heavy atom. The van der Waals surface area contributed by atoms with Gasteiger partial charge in [0.15, 0.2) is 5.65 Å². The Labute approximate surface area is 104 Å². The second-order valence-corrected chi connectivity index (χ2v) is 4.79. The van der Waals surface area contributed by atoms with Crippen LogP contribution < -0.4 is 10.6 Å². The summed E-state index contributed by atoms with van der Waals surface area (Å²) >= 11 is 0. The third-order valence-electron chi connectivity index (χ3n) is 3.30.